The van der Waals surface area contributed by atoms with Crippen molar-refractivity contribution in [2.24, 2.45) is 0 Å². The molecule has 0 saturated heterocycles. The molecule has 0 spiro atoms. The molecular weight excluding hydrogens is 402 g/mol. The SMILES string of the molecule is N#Cc1cc(Cl)cc(Oc2c(Cl)ccc(Cc3[nH]nc4cnccc34)c2F)c1. The molecule has 0 atom stereocenters. The van der Waals surface area contributed by atoms with Crippen LogP contribution in [0.2, 0.25) is 10.0 Å². The number of rotatable bonds is 4. The first-order valence-electron chi connectivity index (χ1n) is 8.17. The molecule has 2 aromatic carbocycles. The molecule has 8 heteroatoms. The van der Waals surface area contributed by atoms with E-state index in [4.69, 9.17) is 33.2 Å². The smallest absolute Gasteiger partial charge is 0.181 e. The number of nitriles is 1. The number of halogens is 3. The van der Waals surface area contributed by atoms with Crippen LogP contribution < -0.4 is 4.74 Å². The fourth-order valence-corrected chi connectivity index (χ4v) is 3.26. The molecule has 2 heterocycles. The van der Waals surface area contributed by atoms with Gasteiger partial charge in [-0.15, -0.1) is 0 Å². The molecule has 5 nitrogen and oxygen atoms in total. The first-order chi connectivity index (χ1) is 13.5. The van der Waals surface area contributed by atoms with Crippen molar-refractivity contribution in [2.75, 3.05) is 0 Å². The summed E-state index contributed by atoms with van der Waals surface area (Å²) in [6.07, 6.45) is 3.55. The lowest BCUT2D eigenvalue weighted by atomic mass is 10.1. The molecule has 0 fully saturated rings. The van der Waals surface area contributed by atoms with Crippen molar-refractivity contribution in [2.45, 2.75) is 6.42 Å². The summed E-state index contributed by atoms with van der Waals surface area (Å²) >= 11 is 12.1. The Morgan fingerprint density at radius 2 is 2.04 bits per heavy atom. The molecule has 0 aliphatic rings. The summed E-state index contributed by atoms with van der Waals surface area (Å²) in [5.41, 5.74) is 2.13. The van der Waals surface area contributed by atoms with Gasteiger partial charge < -0.3 is 4.74 Å². The number of ether oxygens (including phenoxy) is 1. The van der Waals surface area contributed by atoms with Gasteiger partial charge in [0.25, 0.3) is 0 Å². The fraction of sp³-hybridized carbons (Fsp3) is 0.0500. The van der Waals surface area contributed by atoms with E-state index in [0.717, 1.165) is 11.1 Å². The first-order valence-corrected chi connectivity index (χ1v) is 8.93. The largest absolute Gasteiger partial charge is 0.453 e. The monoisotopic (exact) mass is 412 g/mol. The van der Waals surface area contributed by atoms with Crippen molar-refractivity contribution >= 4 is 34.1 Å². The third kappa shape index (κ3) is 3.50. The van der Waals surface area contributed by atoms with Crippen LogP contribution in [0.3, 0.4) is 0 Å². The number of H-pyrrole nitrogens is 1. The maximum absolute atomic E-state index is 15.1. The summed E-state index contributed by atoms with van der Waals surface area (Å²) in [4.78, 5) is 4.02. The highest BCUT2D eigenvalue weighted by Gasteiger charge is 2.17. The van der Waals surface area contributed by atoms with E-state index >= 15 is 4.39 Å². The molecular formula is C20H11Cl2FN4O. The molecule has 28 heavy (non-hydrogen) atoms. The highest BCUT2D eigenvalue weighted by molar-refractivity contribution is 6.32. The summed E-state index contributed by atoms with van der Waals surface area (Å²) in [6, 6.07) is 11.4. The molecule has 4 rings (SSSR count). The Labute approximate surface area is 169 Å². The second-order valence-corrected chi connectivity index (χ2v) is 6.85. The van der Waals surface area contributed by atoms with E-state index in [1.165, 1.54) is 18.2 Å². The van der Waals surface area contributed by atoms with E-state index in [1.54, 1.807) is 24.5 Å². The lowest BCUT2D eigenvalue weighted by Crippen LogP contribution is -1.98. The van der Waals surface area contributed by atoms with Crippen LogP contribution in [-0.4, -0.2) is 15.2 Å². The average molecular weight is 413 g/mol. The van der Waals surface area contributed by atoms with E-state index in [0.29, 0.717) is 21.7 Å². The maximum atomic E-state index is 15.1. The van der Waals surface area contributed by atoms with Crippen molar-refractivity contribution in [3.05, 3.63) is 81.5 Å². The number of pyridine rings is 1. The molecule has 0 radical (unpaired) electrons. The summed E-state index contributed by atoms with van der Waals surface area (Å²) in [5.74, 6) is -0.501. The number of hydrogen-bond donors (Lipinski definition) is 1. The molecule has 138 valence electrons. The van der Waals surface area contributed by atoms with E-state index < -0.39 is 5.82 Å². The third-order valence-corrected chi connectivity index (χ3v) is 4.67. The standard InChI is InChI=1S/C20H11Cl2FN4O/c21-13-5-11(9-24)6-14(8-13)28-20-16(22)2-1-12(19(20)23)7-17-15-3-4-25-10-18(15)27-26-17/h1-6,8,10H,7H2,(H,26,27). The number of benzene rings is 2. The lowest BCUT2D eigenvalue weighted by Gasteiger charge is -2.12. The minimum atomic E-state index is -0.595. The van der Waals surface area contributed by atoms with Gasteiger partial charge in [0.1, 0.15) is 11.3 Å². The zero-order chi connectivity index (χ0) is 19.7. The summed E-state index contributed by atoms with van der Waals surface area (Å²) < 4.78 is 20.8. The van der Waals surface area contributed by atoms with E-state index in [-0.39, 0.29) is 22.9 Å². The zero-order valence-corrected chi connectivity index (χ0v) is 15.7. The van der Waals surface area contributed by atoms with Crippen LogP contribution in [-0.2, 0) is 6.42 Å². The predicted octanol–water partition coefficient (Wildman–Crippen LogP) is 5.66. The van der Waals surface area contributed by atoms with Crippen LogP contribution in [0.25, 0.3) is 10.9 Å². The summed E-state index contributed by atoms with van der Waals surface area (Å²) in [5, 5.41) is 17.4. The Hall–Kier alpha value is -3.14. The number of nitrogens with one attached hydrogen (secondary N) is 1. The van der Waals surface area contributed by atoms with Gasteiger partial charge in [-0.05, 0) is 35.9 Å². The minimum Gasteiger partial charge on any atom is -0.453 e. The summed E-state index contributed by atoms with van der Waals surface area (Å²) in [6.45, 7) is 0. The van der Waals surface area contributed by atoms with Crippen molar-refractivity contribution in [1.29, 1.82) is 5.26 Å². The van der Waals surface area contributed by atoms with Crippen molar-refractivity contribution in [1.82, 2.24) is 15.2 Å². The number of aromatic amines is 1. The van der Waals surface area contributed by atoms with Gasteiger partial charge >= 0.3 is 0 Å². The Kier molecular flexibility index (Phi) is 4.86. The normalized spacial score (nSPS) is 10.8. The van der Waals surface area contributed by atoms with Crippen LogP contribution >= 0.6 is 23.2 Å². The van der Waals surface area contributed by atoms with E-state index in [9.17, 15) is 0 Å². The Balaban J connectivity index is 1.70. The Morgan fingerprint density at radius 1 is 1.18 bits per heavy atom. The molecule has 0 amide bonds. The molecule has 1 N–H and O–H groups in total. The average Bonchev–Trinajstić information content (AvgIpc) is 3.10. The van der Waals surface area contributed by atoms with Crippen LogP contribution in [0.4, 0.5) is 4.39 Å². The highest BCUT2D eigenvalue weighted by atomic mass is 35.5. The molecule has 0 bridgehead atoms. The number of nitrogens with zero attached hydrogens (tertiary/aromatic N) is 3. The molecule has 4 aromatic rings. The van der Waals surface area contributed by atoms with E-state index in [2.05, 4.69) is 15.2 Å². The van der Waals surface area contributed by atoms with Gasteiger partial charge in [-0.1, -0.05) is 29.3 Å². The van der Waals surface area contributed by atoms with Gasteiger partial charge in [0.2, 0.25) is 0 Å². The van der Waals surface area contributed by atoms with Crippen molar-refractivity contribution in [3.8, 4) is 17.6 Å². The Bertz CT molecular complexity index is 1230. The number of fused-ring (bicyclic) bond motifs is 1. The van der Waals surface area contributed by atoms with Gasteiger partial charge in [0.05, 0.1) is 22.9 Å². The van der Waals surface area contributed by atoms with E-state index in [1.807, 2.05) is 12.1 Å². The van der Waals surface area contributed by atoms with Gasteiger partial charge in [0, 0.05) is 28.7 Å². The highest BCUT2D eigenvalue weighted by Crippen LogP contribution is 2.36. The molecule has 0 aliphatic carbocycles. The quantitative estimate of drug-likeness (QED) is 0.469. The second kappa shape index (κ2) is 7.47. The minimum absolute atomic E-state index is 0.110. The van der Waals surface area contributed by atoms with Crippen LogP contribution in [0.5, 0.6) is 11.5 Å². The predicted molar refractivity (Wildman–Crippen MR) is 104 cm³/mol. The van der Waals surface area contributed by atoms with Crippen LogP contribution in [0, 0.1) is 17.1 Å². The van der Waals surface area contributed by atoms with Gasteiger partial charge in [0.15, 0.2) is 11.6 Å². The lowest BCUT2D eigenvalue weighted by molar-refractivity contribution is 0.439. The van der Waals surface area contributed by atoms with Gasteiger partial charge in [-0.2, -0.15) is 10.4 Å². The first kappa shape index (κ1) is 18.2. The maximum Gasteiger partial charge on any atom is 0.181 e. The van der Waals surface area contributed by atoms with Crippen molar-refractivity contribution in [3.63, 3.8) is 0 Å². The van der Waals surface area contributed by atoms with Crippen LogP contribution in [0.1, 0.15) is 16.8 Å². The number of hydrogen-bond acceptors (Lipinski definition) is 4. The molecule has 0 saturated carbocycles. The zero-order valence-electron chi connectivity index (χ0n) is 14.2. The van der Waals surface area contributed by atoms with Crippen LogP contribution in [0.15, 0.2) is 48.8 Å². The topological polar surface area (TPSA) is 74.6 Å². The Morgan fingerprint density at radius 3 is 2.86 bits per heavy atom. The van der Waals surface area contributed by atoms with Crippen molar-refractivity contribution < 1.29 is 9.13 Å². The second-order valence-electron chi connectivity index (χ2n) is 6.01. The molecule has 0 unspecified atom stereocenters. The molecule has 0 aliphatic heterocycles. The fourth-order valence-electron chi connectivity index (χ4n) is 2.85. The third-order valence-electron chi connectivity index (χ3n) is 4.15. The van der Waals surface area contributed by atoms with Gasteiger partial charge in [-0.25, -0.2) is 4.39 Å². The van der Waals surface area contributed by atoms with Gasteiger partial charge in [-0.3, -0.25) is 10.1 Å². The summed E-state index contributed by atoms with van der Waals surface area (Å²) in [7, 11) is 0. The molecule has 2 aromatic heterocycles. The number of aromatic nitrogens is 3.